The number of hydrogen-bond donors (Lipinski definition) is 0. The molecule has 0 saturated carbocycles. The second-order valence-corrected chi connectivity index (χ2v) is 20.3. The van der Waals surface area contributed by atoms with Crippen LogP contribution in [0.25, 0.3) is 122 Å². The summed E-state index contributed by atoms with van der Waals surface area (Å²) in [5.41, 5.74) is 28.5. The van der Waals surface area contributed by atoms with Crippen molar-refractivity contribution in [2.75, 3.05) is 0 Å². The monoisotopic (exact) mass is 864 g/mol. The standard InChI is InChI=1S/C68H48/c1-67(2)58-28-15-13-22-49(58)51-32-30-43(39-60(51)67)62-54-24-11-12-25-55(54)63(44-31-33-52-50-23-14-16-29-59(50)68(3,4)61(52)40-44)66-57-35-34-48(53-26-17-27-56(64(53)57)65(62)66)47-37-45(41-18-7-5-8-19-41)36-46(38-47)42-20-9-6-10-21-42/h5-40H,1-4H3. The Morgan fingerprint density at radius 3 is 1.13 bits per heavy atom. The van der Waals surface area contributed by atoms with Crippen molar-refractivity contribution in [3.8, 4) is 100 Å². The average Bonchev–Trinajstić information content (AvgIpc) is 3.93. The van der Waals surface area contributed by atoms with Gasteiger partial charge >= 0.3 is 0 Å². The zero-order chi connectivity index (χ0) is 45.5. The van der Waals surface area contributed by atoms with Crippen molar-refractivity contribution in [2.45, 2.75) is 38.5 Å². The lowest BCUT2D eigenvalue weighted by molar-refractivity contribution is 0.660. The van der Waals surface area contributed by atoms with Crippen molar-refractivity contribution in [2.24, 2.45) is 0 Å². The third-order valence-electron chi connectivity index (χ3n) is 16.0. The van der Waals surface area contributed by atoms with Gasteiger partial charge in [0.2, 0.25) is 0 Å². The molecule has 0 bridgehead atoms. The Morgan fingerprint density at radius 2 is 0.603 bits per heavy atom. The summed E-state index contributed by atoms with van der Waals surface area (Å²) < 4.78 is 0. The maximum atomic E-state index is 2.53. The molecule has 0 aromatic heterocycles. The van der Waals surface area contributed by atoms with Crippen molar-refractivity contribution in [1.82, 2.24) is 0 Å². The summed E-state index contributed by atoms with van der Waals surface area (Å²) >= 11 is 0. The topological polar surface area (TPSA) is 0 Å². The maximum Gasteiger partial charge on any atom is 0.0159 e. The van der Waals surface area contributed by atoms with Crippen LogP contribution < -0.4 is 0 Å². The average molecular weight is 865 g/mol. The van der Waals surface area contributed by atoms with Gasteiger partial charge in [0, 0.05) is 10.8 Å². The van der Waals surface area contributed by atoms with E-state index < -0.39 is 0 Å². The minimum atomic E-state index is -0.125. The van der Waals surface area contributed by atoms with Gasteiger partial charge in [0.05, 0.1) is 0 Å². The maximum absolute atomic E-state index is 2.53. The number of fused-ring (bicyclic) bond motifs is 10. The predicted molar refractivity (Wildman–Crippen MR) is 288 cm³/mol. The molecule has 0 heteroatoms. The summed E-state index contributed by atoms with van der Waals surface area (Å²) in [6.45, 7) is 9.59. The fourth-order valence-corrected chi connectivity index (χ4v) is 12.7. The molecule has 0 fully saturated rings. The summed E-state index contributed by atoms with van der Waals surface area (Å²) in [4.78, 5) is 0. The van der Waals surface area contributed by atoms with E-state index in [2.05, 4.69) is 246 Å². The Morgan fingerprint density at radius 1 is 0.221 bits per heavy atom. The highest BCUT2D eigenvalue weighted by molar-refractivity contribution is 6.29. The van der Waals surface area contributed by atoms with Crippen LogP contribution in [0.5, 0.6) is 0 Å². The molecule has 0 radical (unpaired) electrons. The Kier molecular flexibility index (Phi) is 8.19. The van der Waals surface area contributed by atoms with Crippen molar-refractivity contribution in [3.05, 3.63) is 241 Å². The molecule has 11 aromatic carbocycles. The molecule has 68 heavy (non-hydrogen) atoms. The molecule has 0 nitrogen and oxygen atoms in total. The van der Waals surface area contributed by atoms with E-state index in [0.717, 1.165) is 0 Å². The van der Waals surface area contributed by atoms with Crippen molar-refractivity contribution < 1.29 is 0 Å². The van der Waals surface area contributed by atoms with Crippen molar-refractivity contribution in [3.63, 3.8) is 0 Å². The van der Waals surface area contributed by atoms with Crippen molar-refractivity contribution in [1.29, 1.82) is 0 Å². The fourth-order valence-electron chi connectivity index (χ4n) is 12.7. The molecule has 3 aliphatic rings. The first kappa shape index (κ1) is 39.1. The zero-order valence-electron chi connectivity index (χ0n) is 38.8. The lowest BCUT2D eigenvalue weighted by Crippen LogP contribution is -2.15. The number of hydrogen-bond acceptors (Lipinski definition) is 0. The molecule has 320 valence electrons. The smallest absolute Gasteiger partial charge is 0.0159 e. The Labute approximate surface area is 398 Å². The number of rotatable bonds is 5. The molecule has 11 aromatic rings. The first-order valence-corrected chi connectivity index (χ1v) is 24.2. The molecule has 0 amide bonds. The second kappa shape index (κ2) is 14.2. The first-order valence-electron chi connectivity index (χ1n) is 24.2. The molecule has 0 N–H and O–H groups in total. The lowest BCUT2D eigenvalue weighted by Gasteiger charge is -2.25. The quantitative estimate of drug-likeness (QED) is 0.162. The van der Waals surface area contributed by atoms with Crippen LogP contribution in [0.3, 0.4) is 0 Å². The molecule has 14 rings (SSSR count). The molecule has 0 heterocycles. The normalized spacial score (nSPS) is 14.1. The van der Waals surface area contributed by atoms with Crippen LogP contribution in [0, 0.1) is 0 Å². The van der Waals surface area contributed by atoms with Gasteiger partial charge in [0.1, 0.15) is 0 Å². The third-order valence-corrected chi connectivity index (χ3v) is 16.0. The SMILES string of the molecule is CC1(C)c2ccccc2-c2ccc(-c3c4c(c(-c5ccc6c(c5)C(C)(C)c5ccccc5-6)c5ccccc35)-c3ccc(-c5cc(-c6ccccc6)cc(-c6ccccc6)c5)c5cccc-4c35)cc21. The Bertz CT molecular complexity index is 3720. The highest BCUT2D eigenvalue weighted by Crippen LogP contribution is 2.60. The molecular weight excluding hydrogens is 817 g/mol. The van der Waals surface area contributed by atoms with E-state index in [-0.39, 0.29) is 10.8 Å². The highest BCUT2D eigenvalue weighted by atomic mass is 14.4. The van der Waals surface area contributed by atoms with Gasteiger partial charge in [-0.2, -0.15) is 0 Å². The van der Waals surface area contributed by atoms with Crippen molar-refractivity contribution >= 4 is 21.5 Å². The second-order valence-electron chi connectivity index (χ2n) is 20.3. The molecule has 3 aliphatic carbocycles. The van der Waals surface area contributed by atoms with Gasteiger partial charge in [-0.1, -0.05) is 216 Å². The summed E-state index contributed by atoms with van der Waals surface area (Å²) in [5, 5.41) is 5.17. The summed E-state index contributed by atoms with van der Waals surface area (Å²) in [6, 6.07) is 82.6. The zero-order valence-corrected chi connectivity index (χ0v) is 38.8. The Hall–Kier alpha value is -8.06. The largest absolute Gasteiger partial charge is 0.0622 e. The van der Waals surface area contributed by atoms with Crippen LogP contribution in [-0.2, 0) is 10.8 Å². The van der Waals surface area contributed by atoms with Crippen LogP contribution in [0.15, 0.2) is 218 Å². The van der Waals surface area contributed by atoms with Crippen LogP contribution in [0.4, 0.5) is 0 Å². The van der Waals surface area contributed by atoms with Crippen LogP contribution in [-0.4, -0.2) is 0 Å². The summed E-state index contributed by atoms with van der Waals surface area (Å²) in [6.07, 6.45) is 0. The van der Waals surface area contributed by atoms with Crippen LogP contribution in [0.1, 0.15) is 49.9 Å². The Balaban J connectivity index is 1.06. The van der Waals surface area contributed by atoms with Crippen LogP contribution in [0.2, 0.25) is 0 Å². The fraction of sp³-hybridized carbons (Fsp3) is 0.0882. The van der Waals surface area contributed by atoms with Gasteiger partial charge < -0.3 is 0 Å². The van der Waals surface area contributed by atoms with Gasteiger partial charge in [-0.25, -0.2) is 0 Å². The molecule has 0 spiro atoms. The molecule has 0 atom stereocenters. The molecule has 0 saturated heterocycles. The predicted octanol–water partition coefficient (Wildman–Crippen LogP) is 18.6. The van der Waals surface area contributed by atoms with Gasteiger partial charge in [-0.3, -0.25) is 0 Å². The van der Waals surface area contributed by atoms with E-state index in [1.807, 2.05) is 0 Å². The van der Waals surface area contributed by atoms with Gasteiger partial charge in [-0.15, -0.1) is 0 Å². The van der Waals surface area contributed by atoms with E-state index in [4.69, 9.17) is 0 Å². The van der Waals surface area contributed by atoms with Gasteiger partial charge in [0.25, 0.3) is 0 Å². The first-order chi connectivity index (χ1) is 33.3. The minimum Gasteiger partial charge on any atom is -0.0622 e. The van der Waals surface area contributed by atoms with E-state index >= 15 is 0 Å². The van der Waals surface area contributed by atoms with Gasteiger partial charge in [-0.05, 0) is 174 Å². The summed E-state index contributed by atoms with van der Waals surface area (Å²) in [5.74, 6) is 0. The highest BCUT2D eigenvalue weighted by Gasteiger charge is 2.39. The van der Waals surface area contributed by atoms with E-state index in [0.29, 0.717) is 0 Å². The third kappa shape index (κ3) is 5.43. The molecule has 0 aliphatic heterocycles. The lowest BCUT2D eigenvalue weighted by atomic mass is 9.78. The van der Waals surface area contributed by atoms with Crippen LogP contribution >= 0.6 is 0 Å². The van der Waals surface area contributed by atoms with Gasteiger partial charge in [0.15, 0.2) is 0 Å². The number of benzene rings is 11. The minimum absolute atomic E-state index is 0.125. The molecule has 0 unspecified atom stereocenters. The molecular formula is C68H48. The van der Waals surface area contributed by atoms with E-state index in [1.165, 1.54) is 144 Å². The van der Waals surface area contributed by atoms with E-state index in [9.17, 15) is 0 Å². The van der Waals surface area contributed by atoms with E-state index in [1.54, 1.807) is 0 Å². The summed E-state index contributed by atoms with van der Waals surface area (Å²) in [7, 11) is 0.